The summed E-state index contributed by atoms with van der Waals surface area (Å²) in [4.78, 5) is 22.0. The first-order valence-corrected chi connectivity index (χ1v) is 10.8. The van der Waals surface area contributed by atoms with Gasteiger partial charge in [-0.05, 0) is 48.2 Å². The van der Waals surface area contributed by atoms with E-state index in [0.717, 1.165) is 25.0 Å². The molecule has 34 heavy (non-hydrogen) atoms. The van der Waals surface area contributed by atoms with Crippen LogP contribution in [0.15, 0.2) is 83.9 Å². The summed E-state index contributed by atoms with van der Waals surface area (Å²) >= 11 is 0. The molecule has 2 aromatic heterocycles. The number of benzene rings is 2. The van der Waals surface area contributed by atoms with Gasteiger partial charge in [0.25, 0.3) is 5.56 Å². The van der Waals surface area contributed by atoms with Crippen molar-refractivity contribution in [1.29, 1.82) is 0 Å². The van der Waals surface area contributed by atoms with Gasteiger partial charge in [-0.3, -0.25) is 14.3 Å². The Morgan fingerprint density at radius 1 is 0.941 bits per heavy atom. The van der Waals surface area contributed by atoms with Gasteiger partial charge in [-0.25, -0.2) is 4.98 Å². The zero-order valence-electron chi connectivity index (χ0n) is 18.5. The van der Waals surface area contributed by atoms with Crippen molar-refractivity contribution in [2.75, 3.05) is 11.9 Å². The van der Waals surface area contributed by atoms with E-state index in [1.807, 2.05) is 18.2 Å². The highest BCUT2D eigenvalue weighted by molar-refractivity contribution is 5.81. The third-order valence-electron chi connectivity index (χ3n) is 5.49. The quantitative estimate of drug-likeness (QED) is 0.363. The summed E-state index contributed by atoms with van der Waals surface area (Å²) in [6.45, 7) is 0.577. The maximum absolute atomic E-state index is 13.4. The molecule has 2 aromatic carbocycles. The third-order valence-corrected chi connectivity index (χ3v) is 5.49. The second-order valence-corrected chi connectivity index (χ2v) is 7.85. The standard InChI is InChI=1S/C26H23F3N4O/c1-33-24(34)22(20-10-5-11-21(17-20)26(27,28)29)23(19-12-15-30-16-13-19)32-25(33)31-14-6-9-18-7-3-2-4-8-18/h2-5,7-8,10-13,15-17H,6,9,14H2,1H3,(H,31,32). The van der Waals surface area contributed by atoms with E-state index in [4.69, 9.17) is 0 Å². The molecule has 4 aromatic rings. The van der Waals surface area contributed by atoms with E-state index < -0.39 is 17.3 Å². The molecule has 0 amide bonds. The normalized spacial score (nSPS) is 11.4. The number of aromatic nitrogens is 3. The molecule has 0 atom stereocenters. The van der Waals surface area contributed by atoms with Crippen molar-refractivity contribution in [3.05, 3.63) is 101 Å². The first-order valence-electron chi connectivity index (χ1n) is 10.8. The number of aryl methyl sites for hydroxylation is 1. The van der Waals surface area contributed by atoms with Crippen LogP contribution in [0.3, 0.4) is 0 Å². The number of hydrogen-bond donors (Lipinski definition) is 1. The molecule has 8 heteroatoms. The van der Waals surface area contributed by atoms with Crippen molar-refractivity contribution < 1.29 is 13.2 Å². The highest BCUT2D eigenvalue weighted by Gasteiger charge is 2.31. The summed E-state index contributed by atoms with van der Waals surface area (Å²) in [6, 6.07) is 18.2. The Balaban J connectivity index is 1.71. The van der Waals surface area contributed by atoms with E-state index in [9.17, 15) is 18.0 Å². The summed E-state index contributed by atoms with van der Waals surface area (Å²) in [7, 11) is 1.56. The van der Waals surface area contributed by atoms with Gasteiger partial charge in [0.2, 0.25) is 5.95 Å². The SMILES string of the molecule is Cn1c(NCCCc2ccccc2)nc(-c2ccncc2)c(-c2cccc(C(F)(F)F)c2)c1=O. The molecule has 4 rings (SSSR count). The van der Waals surface area contributed by atoms with Crippen LogP contribution >= 0.6 is 0 Å². The van der Waals surface area contributed by atoms with E-state index >= 15 is 0 Å². The third kappa shape index (κ3) is 5.17. The first-order chi connectivity index (χ1) is 16.3. The number of alkyl halides is 3. The Labute approximate surface area is 195 Å². The molecule has 0 spiro atoms. The van der Waals surface area contributed by atoms with Gasteiger partial charge in [0.1, 0.15) is 0 Å². The van der Waals surface area contributed by atoms with Crippen molar-refractivity contribution in [2.45, 2.75) is 19.0 Å². The fourth-order valence-corrected chi connectivity index (χ4v) is 3.73. The Morgan fingerprint density at radius 3 is 2.38 bits per heavy atom. The van der Waals surface area contributed by atoms with E-state index in [1.165, 1.54) is 22.3 Å². The van der Waals surface area contributed by atoms with Gasteiger partial charge in [-0.15, -0.1) is 0 Å². The number of pyridine rings is 1. The van der Waals surface area contributed by atoms with Crippen molar-refractivity contribution >= 4 is 5.95 Å². The summed E-state index contributed by atoms with van der Waals surface area (Å²) in [5.41, 5.74) is 1.11. The molecule has 5 nitrogen and oxygen atoms in total. The fraction of sp³-hybridized carbons (Fsp3) is 0.192. The van der Waals surface area contributed by atoms with Crippen LogP contribution in [0.5, 0.6) is 0 Å². The van der Waals surface area contributed by atoms with E-state index in [-0.39, 0.29) is 11.1 Å². The lowest BCUT2D eigenvalue weighted by atomic mass is 9.99. The number of nitrogens with one attached hydrogen (secondary N) is 1. The molecule has 0 saturated heterocycles. The lowest BCUT2D eigenvalue weighted by molar-refractivity contribution is -0.137. The average Bonchev–Trinajstić information content (AvgIpc) is 2.85. The fourth-order valence-electron chi connectivity index (χ4n) is 3.73. The van der Waals surface area contributed by atoms with Gasteiger partial charge >= 0.3 is 6.18 Å². The number of anilines is 1. The summed E-state index contributed by atoms with van der Waals surface area (Å²) in [5.74, 6) is 0.348. The van der Waals surface area contributed by atoms with E-state index in [1.54, 1.807) is 31.6 Å². The van der Waals surface area contributed by atoms with Crippen molar-refractivity contribution in [1.82, 2.24) is 14.5 Å². The number of rotatable bonds is 7. The largest absolute Gasteiger partial charge is 0.416 e. The molecule has 1 N–H and O–H groups in total. The van der Waals surface area contributed by atoms with Crippen molar-refractivity contribution in [2.24, 2.45) is 7.05 Å². The van der Waals surface area contributed by atoms with Crippen LogP contribution in [0.1, 0.15) is 17.5 Å². The maximum atomic E-state index is 13.4. The van der Waals surface area contributed by atoms with Crippen LogP contribution in [0.2, 0.25) is 0 Å². The van der Waals surface area contributed by atoms with Gasteiger partial charge in [-0.1, -0.05) is 42.5 Å². The van der Waals surface area contributed by atoms with E-state index in [0.29, 0.717) is 23.8 Å². The first kappa shape index (κ1) is 23.2. The molecule has 0 aliphatic rings. The zero-order chi connectivity index (χ0) is 24.1. The Hall–Kier alpha value is -3.94. The van der Waals surface area contributed by atoms with Gasteiger partial charge in [-0.2, -0.15) is 13.2 Å². The lowest BCUT2D eigenvalue weighted by Crippen LogP contribution is -2.25. The average molecular weight is 464 g/mol. The van der Waals surface area contributed by atoms with Crippen molar-refractivity contribution in [3.63, 3.8) is 0 Å². The van der Waals surface area contributed by atoms with Gasteiger partial charge in [0, 0.05) is 31.5 Å². The molecule has 2 heterocycles. The molecular formula is C26H23F3N4O. The molecule has 174 valence electrons. The molecule has 0 aliphatic carbocycles. The molecule has 0 unspecified atom stereocenters. The Bertz CT molecular complexity index is 1320. The molecule has 0 aliphatic heterocycles. The van der Waals surface area contributed by atoms with Gasteiger partial charge in [0.15, 0.2) is 0 Å². The summed E-state index contributed by atoms with van der Waals surface area (Å²) in [6.07, 6.45) is 0.266. The molecule has 0 radical (unpaired) electrons. The highest BCUT2D eigenvalue weighted by atomic mass is 19.4. The van der Waals surface area contributed by atoms with Crippen LogP contribution in [0, 0.1) is 0 Å². The Kier molecular flexibility index (Phi) is 6.77. The number of halogens is 3. The van der Waals surface area contributed by atoms with Crippen molar-refractivity contribution in [3.8, 4) is 22.4 Å². The highest BCUT2D eigenvalue weighted by Crippen LogP contribution is 2.34. The minimum absolute atomic E-state index is 0.106. The van der Waals surface area contributed by atoms with Gasteiger partial charge < -0.3 is 5.32 Å². The smallest absolute Gasteiger partial charge is 0.356 e. The van der Waals surface area contributed by atoms with Crippen LogP contribution in [0.4, 0.5) is 19.1 Å². The predicted molar refractivity (Wildman–Crippen MR) is 126 cm³/mol. The molecular weight excluding hydrogens is 441 g/mol. The second-order valence-electron chi connectivity index (χ2n) is 7.85. The number of hydrogen-bond acceptors (Lipinski definition) is 4. The van der Waals surface area contributed by atoms with Crippen LogP contribution in [0.25, 0.3) is 22.4 Å². The lowest BCUT2D eigenvalue weighted by Gasteiger charge is -2.16. The van der Waals surface area contributed by atoms with Crippen LogP contribution < -0.4 is 10.9 Å². The maximum Gasteiger partial charge on any atom is 0.416 e. The van der Waals surface area contributed by atoms with E-state index in [2.05, 4.69) is 27.4 Å². The molecule has 0 bridgehead atoms. The predicted octanol–water partition coefficient (Wildman–Crippen LogP) is 5.57. The zero-order valence-corrected chi connectivity index (χ0v) is 18.5. The summed E-state index contributed by atoms with van der Waals surface area (Å²) in [5, 5.41) is 3.20. The Morgan fingerprint density at radius 2 is 1.68 bits per heavy atom. The topological polar surface area (TPSA) is 59.8 Å². The van der Waals surface area contributed by atoms with Crippen LogP contribution in [-0.4, -0.2) is 21.1 Å². The summed E-state index contributed by atoms with van der Waals surface area (Å²) < 4.78 is 41.3. The monoisotopic (exact) mass is 464 g/mol. The minimum atomic E-state index is -4.52. The van der Waals surface area contributed by atoms with Crippen LogP contribution in [-0.2, 0) is 19.6 Å². The molecule has 0 fully saturated rings. The number of nitrogens with zero attached hydrogens (tertiary/aromatic N) is 3. The minimum Gasteiger partial charge on any atom is -0.356 e. The van der Waals surface area contributed by atoms with Gasteiger partial charge in [0.05, 0.1) is 16.8 Å². The second kappa shape index (κ2) is 9.91. The molecule has 0 saturated carbocycles.